The molecule has 1 aliphatic carbocycles. The molecule has 7 nitrogen and oxygen atoms in total. The molecule has 1 aromatic carbocycles. The summed E-state index contributed by atoms with van der Waals surface area (Å²) in [6, 6.07) is 7.32. The first-order chi connectivity index (χ1) is 14.6. The molecule has 1 aliphatic heterocycles. The predicted octanol–water partition coefficient (Wildman–Crippen LogP) is 3.16. The van der Waals surface area contributed by atoms with Gasteiger partial charge in [-0.2, -0.15) is 0 Å². The molecule has 0 bridgehead atoms. The number of carbonyl (C=O) groups excluding carboxylic acids is 2. The summed E-state index contributed by atoms with van der Waals surface area (Å²) >= 11 is 1.53. The number of hydrogen-bond acceptors (Lipinski definition) is 6. The number of rotatable bonds is 7. The first-order valence-corrected chi connectivity index (χ1v) is 11.2. The van der Waals surface area contributed by atoms with E-state index in [0.717, 1.165) is 43.7 Å². The molecule has 2 amide bonds. The minimum Gasteiger partial charge on any atom is -0.494 e. The van der Waals surface area contributed by atoms with E-state index in [1.54, 1.807) is 0 Å². The number of thiophene rings is 1. The fourth-order valence-electron chi connectivity index (χ4n) is 3.86. The lowest BCUT2D eigenvalue weighted by Gasteiger charge is -2.25. The number of nitrogens with one attached hydrogen (secondary N) is 2. The monoisotopic (exact) mass is 429 g/mol. The molecule has 0 spiro atoms. The Kier molecular flexibility index (Phi) is 6.66. The molecule has 8 heteroatoms. The number of ether oxygens (including phenoxy) is 2. The van der Waals surface area contributed by atoms with Gasteiger partial charge in [-0.05, 0) is 56.0 Å². The zero-order valence-electron chi connectivity index (χ0n) is 17.2. The molecule has 160 valence electrons. The minimum absolute atomic E-state index is 0.0908. The number of aryl methyl sites for hydroxylation is 1. The molecule has 4 rings (SSSR count). The second kappa shape index (κ2) is 9.59. The molecule has 0 radical (unpaired) electrons. The van der Waals surface area contributed by atoms with E-state index in [1.165, 1.54) is 16.2 Å². The van der Waals surface area contributed by atoms with Gasteiger partial charge in [-0.1, -0.05) is 0 Å². The molecule has 0 saturated carbocycles. The van der Waals surface area contributed by atoms with E-state index in [9.17, 15) is 9.59 Å². The summed E-state index contributed by atoms with van der Waals surface area (Å²) in [5, 5.41) is 6.62. The first-order valence-electron chi connectivity index (χ1n) is 10.4. The second-order valence-electron chi connectivity index (χ2n) is 7.41. The summed E-state index contributed by atoms with van der Waals surface area (Å²) in [7, 11) is 0. The molecule has 0 atom stereocenters. The van der Waals surface area contributed by atoms with Crippen LogP contribution in [-0.4, -0.2) is 56.2 Å². The lowest BCUT2D eigenvalue weighted by molar-refractivity contribution is -0.118. The van der Waals surface area contributed by atoms with Crippen LogP contribution in [0.15, 0.2) is 24.3 Å². The minimum atomic E-state index is -0.180. The van der Waals surface area contributed by atoms with Crippen molar-refractivity contribution < 1.29 is 19.1 Å². The largest absolute Gasteiger partial charge is 0.494 e. The second-order valence-corrected chi connectivity index (χ2v) is 8.51. The number of carbonyl (C=O) groups is 2. The Morgan fingerprint density at radius 2 is 1.90 bits per heavy atom. The maximum Gasteiger partial charge on any atom is 0.258 e. The zero-order valence-corrected chi connectivity index (χ0v) is 18.0. The Hall–Kier alpha value is -2.42. The van der Waals surface area contributed by atoms with Gasteiger partial charge in [-0.15, -0.1) is 11.3 Å². The van der Waals surface area contributed by atoms with E-state index in [0.29, 0.717) is 42.6 Å². The number of benzene rings is 1. The van der Waals surface area contributed by atoms with E-state index in [1.807, 2.05) is 31.2 Å². The number of nitrogens with zero attached hydrogens (tertiary/aromatic N) is 1. The molecule has 1 fully saturated rings. The van der Waals surface area contributed by atoms with Gasteiger partial charge in [0.1, 0.15) is 10.8 Å². The van der Waals surface area contributed by atoms with E-state index in [-0.39, 0.29) is 11.8 Å². The topological polar surface area (TPSA) is 79.9 Å². The third-order valence-electron chi connectivity index (χ3n) is 5.30. The van der Waals surface area contributed by atoms with Crippen LogP contribution < -0.4 is 15.4 Å². The van der Waals surface area contributed by atoms with Crippen LogP contribution in [0.1, 0.15) is 34.1 Å². The molecule has 0 unspecified atom stereocenters. The Labute approximate surface area is 180 Å². The van der Waals surface area contributed by atoms with Crippen molar-refractivity contribution in [2.45, 2.75) is 26.2 Å². The van der Waals surface area contributed by atoms with Crippen LogP contribution in [0.2, 0.25) is 0 Å². The number of morpholine rings is 1. The van der Waals surface area contributed by atoms with Crippen molar-refractivity contribution >= 4 is 33.8 Å². The maximum absolute atomic E-state index is 13.1. The van der Waals surface area contributed by atoms with Crippen molar-refractivity contribution in [1.29, 1.82) is 0 Å². The predicted molar refractivity (Wildman–Crippen MR) is 118 cm³/mol. The van der Waals surface area contributed by atoms with Crippen LogP contribution in [0.4, 0.5) is 10.7 Å². The Bertz CT molecular complexity index is 904. The highest BCUT2D eigenvalue weighted by Gasteiger charge is 2.28. The van der Waals surface area contributed by atoms with Crippen molar-refractivity contribution in [1.82, 2.24) is 4.90 Å². The van der Waals surface area contributed by atoms with Crippen LogP contribution in [0, 0.1) is 0 Å². The standard InChI is InChI=1S/C22H27N3O4S/c1-2-29-16-8-6-15(7-9-16)23-21(27)20-17-4-3-5-18(17)30-22(20)24-19(26)14-25-10-12-28-13-11-25/h6-9H,2-5,10-14H2,1H3,(H,23,27)(H,24,26). The summed E-state index contributed by atoms with van der Waals surface area (Å²) in [5.41, 5.74) is 2.38. The lowest BCUT2D eigenvalue weighted by Crippen LogP contribution is -2.41. The molecular weight excluding hydrogens is 402 g/mol. The zero-order chi connectivity index (χ0) is 20.9. The van der Waals surface area contributed by atoms with Crippen LogP contribution in [0.3, 0.4) is 0 Å². The van der Waals surface area contributed by atoms with E-state index < -0.39 is 0 Å². The highest BCUT2D eigenvalue weighted by molar-refractivity contribution is 7.17. The van der Waals surface area contributed by atoms with Gasteiger partial charge in [-0.25, -0.2) is 0 Å². The maximum atomic E-state index is 13.1. The molecule has 2 aliphatic rings. The van der Waals surface area contributed by atoms with Gasteiger partial charge >= 0.3 is 0 Å². The normalized spacial score (nSPS) is 16.2. The quantitative estimate of drug-likeness (QED) is 0.707. The van der Waals surface area contributed by atoms with E-state index >= 15 is 0 Å². The average Bonchev–Trinajstić information content (AvgIpc) is 3.31. The molecule has 2 aromatic rings. The van der Waals surface area contributed by atoms with Gasteiger partial charge in [0.05, 0.1) is 31.9 Å². The van der Waals surface area contributed by atoms with Gasteiger partial charge in [0, 0.05) is 23.7 Å². The summed E-state index contributed by atoms with van der Waals surface area (Å²) < 4.78 is 10.8. The molecule has 1 aromatic heterocycles. The van der Waals surface area contributed by atoms with Crippen molar-refractivity contribution in [2.24, 2.45) is 0 Å². The van der Waals surface area contributed by atoms with Crippen molar-refractivity contribution in [3.63, 3.8) is 0 Å². The summed E-state index contributed by atoms with van der Waals surface area (Å²) in [4.78, 5) is 29.0. The van der Waals surface area contributed by atoms with Crippen LogP contribution in [0.25, 0.3) is 0 Å². The number of fused-ring (bicyclic) bond motifs is 1. The number of amides is 2. The van der Waals surface area contributed by atoms with E-state index in [4.69, 9.17) is 9.47 Å². The van der Waals surface area contributed by atoms with Gasteiger partial charge in [-0.3, -0.25) is 14.5 Å². The summed E-state index contributed by atoms with van der Waals surface area (Å²) in [5.74, 6) is 0.496. The summed E-state index contributed by atoms with van der Waals surface area (Å²) in [6.07, 6.45) is 2.88. The Morgan fingerprint density at radius 3 is 2.63 bits per heavy atom. The van der Waals surface area contributed by atoms with Gasteiger partial charge < -0.3 is 20.1 Å². The Balaban J connectivity index is 1.47. The average molecular weight is 430 g/mol. The highest BCUT2D eigenvalue weighted by Crippen LogP contribution is 2.39. The van der Waals surface area contributed by atoms with Crippen molar-refractivity contribution in [3.05, 3.63) is 40.3 Å². The highest BCUT2D eigenvalue weighted by atomic mass is 32.1. The first kappa shape index (κ1) is 20.8. The number of anilines is 2. The fourth-order valence-corrected chi connectivity index (χ4v) is 5.16. The number of hydrogen-bond donors (Lipinski definition) is 2. The van der Waals surface area contributed by atoms with Crippen LogP contribution in [-0.2, 0) is 22.4 Å². The fraction of sp³-hybridized carbons (Fsp3) is 0.455. The molecule has 2 heterocycles. The molecular formula is C22H27N3O4S. The molecule has 1 saturated heterocycles. The van der Waals surface area contributed by atoms with Gasteiger partial charge in [0.15, 0.2) is 0 Å². The van der Waals surface area contributed by atoms with Gasteiger partial charge in [0.2, 0.25) is 5.91 Å². The van der Waals surface area contributed by atoms with Crippen LogP contribution >= 0.6 is 11.3 Å². The lowest BCUT2D eigenvalue weighted by atomic mass is 10.1. The third kappa shape index (κ3) is 4.83. The smallest absolute Gasteiger partial charge is 0.258 e. The molecule has 2 N–H and O–H groups in total. The van der Waals surface area contributed by atoms with E-state index in [2.05, 4.69) is 15.5 Å². The van der Waals surface area contributed by atoms with Crippen molar-refractivity contribution in [3.8, 4) is 5.75 Å². The Morgan fingerprint density at radius 1 is 1.13 bits per heavy atom. The van der Waals surface area contributed by atoms with Crippen molar-refractivity contribution in [2.75, 3.05) is 50.1 Å². The SMILES string of the molecule is CCOc1ccc(NC(=O)c2c(NC(=O)CN3CCOCC3)sc3c2CCC3)cc1. The third-order valence-corrected chi connectivity index (χ3v) is 6.50. The molecule has 30 heavy (non-hydrogen) atoms. The van der Waals surface area contributed by atoms with Crippen LogP contribution in [0.5, 0.6) is 5.75 Å². The summed E-state index contributed by atoms with van der Waals surface area (Å²) in [6.45, 7) is 5.64. The van der Waals surface area contributed by atoms with Gasteiger partial charge in [0.25, 0.3) is 5.91 Å².